The fourth-order valence-electron chi connectivity index (χ4n) is 3.56. The second-order valence-electron chi connectivity index (χ2n) is 10.7. The molecular formula is C25H34O4P2. The Morgan fingerprint density at radius 3 is 1.16 bits per heavy atom. The van der Waals surface area contributed by atoms with Gasteiger partial charge in [0.15, 0.2) is 0 Å². The fourth-order valence-corrected chi connectivity index (χ4v) is 6.95. The minimum Gasteiger partial charge on any atom is -0.330 e. The van der Waals surface area contributed by atoms with Crippen molar-refractivity contribution >= 4 is 27.4 Å². The van der Waals surface area contributed by atoms with Gasteiger partial charge in [-0.3, -0.25) is 0 Å². The highest BCUT2D eigenvalue weighted by Crippen LogP contribution is 2.46. The smallest absolute Gasteiger partial charge is 0.205 e. The number of hydrogen-bond acceptors (Lipinski definition) is 4. The zero-order valence-electron chi connectivity index (χ0n) is 19.5. The van der Waals surface area contributed by atoms with E-state index in [1.807, 2.05) is 0 Å². The summed E-state index contributed by atoms with van der Waals surface area (Å²) in [4.78, 5) is 0. The lowest BCUT2D eigenvalue weighted by molar-refractivity contribution is 0.0656. The van der Waals surface area contributed by atoms with E-state index in [1.165, 1.54) is 11.1 Å². The Bertz CT molecular complexity index is 797. The quantitative estimate of drug-likeness (QED) is 0.522. The van der Waals surface area contributed by atoms with Crippen LogP contribution >= 0.6 is 16.8 Å². The van der Waals surface area contributed by atoms with Crippen LogP contribution in [0.4, 0.5) is 0 Å². The van der Waals surface area contributed by atoms with Gasteiger partial charge in [0.2, 0.25) is 16.8 Å². The molecule has 0 aliphatic carbocycles. The lowest BCUT2D eigenvalue weighted by Gasteiger charge is -2.34. The Hall–Kier alpha value is -0.860. The maximum absolute atomic E-state index is 5.99. The zero-order valence-corrected chi connectivity index (χ0v) is 21.3. The third kappa shape index (κ3) is 5.38. The van der Waals surface area contributed by atoms with Crippen molar-refractivity contribution in [1.29, 1.82) is 0 Å². The van der Waals surface area contributed by atoms with E-state index in [2.05, 4.69) is 90.1 Å². The molecule has 0 bridgehead atoms. The van der Waals surface area contributed by atoms with E-state index >= 15 is 0 Å². The van der Waals surface area contributed by atoms with Gasteiger partial charge in [0.1, 0.15) is 0 Å². The minimum absolute atomic E-state index is 0.0954. The van der Waals surface area contributed by atoms with Gasteiger partial charge in [-0.15, -0.1) is 0 Å². The molecule has 31 heavy (non-hydrogen) atoms. The topological polar surface area (TPSA) is 36.9 Å². The SMILES string of the molecule is CC1(C)COP(c2ccc(C(C)(C)c3ccc(P4OCC(C)(C)CO4)cc3)cc2)OC1. The summed E-state index contributed by atoms with van der Waals surface area (Å²) in [6, 6.07) is 17.5. The molecule has 0 N–H and O–H groups in total. The van der Waals surface area contributed by atoms with Crippen molar-refractivity contribution < 1.29 is 18.1 Å². The first-order valence-corrected chi connectivity index (χ1v) is 13.2. The molecule has 0 amide bonds. The van der Waals surface area contributed by atoms with E-state index in [0.29, 0.717) is 0 Å². The van der Waals surface area contributed by atoms with Gasteiger partial charge < -0.3 is 18.1 Å². The summed E-state index contributed by atoms with van der Waals surface area (Å²) in [6.45, 7) is 16.2. The third-order valence-electron chi connectivity index (χ3n) is 5.89. The molecule has 2 aromatic carbocycles. The van der Waals surface area contributed by atoms with Crippen LogP contribution in [0.3, 0.4) is 0 Å². The summed E-state index contributed by atoms with van der Waals surface area (Å²) in [6.07, 6.45) is 0. The largest absolute Gasteiger partial charge is 0.330 e. The van der Waals surface area contributed by atoms with Gasteiger partial charge in [-0.1, -0.05) is 65.8 Å². The lowest BCUT2D eigenvalue weighted by atomic mass is 9.78. The molecule has 0 atom stereocenters. The van der Waals surface area contributed by atoms with Gasteiger partial charge in [-0.05, 0) is 35.4 Å². The van der Waals surface area contributed by atoms with Gasteiger partial charge in [0.25, 0.3) is 0 Å². The predicted molar refractivity (Wildman–Crippen MR) is 129 cm³/mol. The van der Waals surface area contributed by atoms with Crippen molar-refractivity contribution in [2.45, 2.75) is 47.0 Å². The van der Waals surface area contributed by atoms with Crippen LogP contribution in [0.25, 0.3) is 0 Å². The van der Waals surface area contributed by atoms with E-state index < -0.39 is 16.8 Å². The highest BCUT2D eigenvalue weighted by atomic mass is 31.2. The molecule has 4 nitrogen and oxygen atoms in total. The molecule has 0 aromatic heterocycles. The second kappa shape index (κ2) is 8.82. The molecular weight excluding hydrogens is 426 g/mol. The first kappa shape index (κ1) is 23.3. The van der Waals surface area contributed by atoms with Crippen molar-refractivity contribution in [1.82, 2.24) is 0 Å². The Morgan fingerprint density at radius 2 is 0.871 bits per heavy atom. The van der Waals surface area contributed by atoms with Crippen molar-refractivity contribution in [2.75, 3.05) is 26.4 Å². The minimum atomic E-state index is -0.972. The molecule has 2 fully saturated rings. The highest BCUT2D eigenvalue weighted by Gasteiger charge is 2.32. The van der Waals surface area contributed by atoms with E-state index in [-0.39, 0.29) is 16.2 Å². The summed E-state index contributed by atoms with van der Waals surface area (Å²) >= 11 is 0. The molecule has 168 valence electrons. The Labute approximate surface area is 189 Å². The maximum Gasteiger partial charge on any atom is 0.205 e. The summed E-state index contributed by atoms with van der Waals surface area (Å²) in [5, 5.41) is 2.27. The van der Waals surface area contributed by atoms with Crippen LogP contribution in [0.2, 0.25) is 0 Å². The summed E-state index contributed by atoms with van der Waals surface area (Å²) < 4.78 is 24.0. The number of rotatable bonds is 4. The average Bonchev–Trinajstić information content (AvgIpc) is 2.74. The summed E-state index contributed by atoms with van der Waals surface area (Å²) in [7, 11) is -1.94. The average molecular weight is 460 g/mol. The van der Waals surface area contributed by atoms with Gasteiger partial charge in [-0.25, -0.2) is 0 Å². The Morgan fingerprint density at radius 1 is 0.581 bits per heavy atom. The van der Waals surface area contributed by atoms with Gasteiger partial charge in [0.05, 0.1) is 26.4 Å². The molecule has 0 unspecified atom stereocenters. The van der Waals surface area contributed by atoms with Crippen LogP contribution in [0.1, 0.15) is 52.7 Å². The maximum atomic E-state index is 5.99. The van der Waals surface area contributed by atoms with Crippen LogP contribution < -0.4 is 10.6 Å². The van der Waals surface area contributed by atoms with Crippen molar-refractivity contribution in [3.63, 3.8) is 0 Å². The second-order valence-corrected chi connectivity index (χ2v) is 13.7. The molecule has 0 saturated carbocycles. The van der Waals surface area contributed by atoms with Gasteiger partial charge in [-0.2, -0.15) is 0 Å². The molecule has 2 aliphatic rings. The highest BCUT2D eigenvalue weighted by molar-refractivity contribution is 7.56. The fraction of sp³-hybridized carbons (Fsp3) is 0.520. The van der Waals surface area contributed by atoms with E-state index in [9.17, 15) is 0 Å². The molecule has 4 rings (SSSR count). The van der Waals surface area contributed by atoms with Crippen molar-refractivity contribution in [2.24, 2.45) is 10.8 Å². The monoisotopic (exact) mass is 460 g/mol. The van der Waals surface area contributed by atoms with Crippen LogP contribution in [-0.4, -0.2) is 26.4 Å². The van der Waals surface area contributed by atoms with E-state index in [1.54, 1.807) is 0 Å². The standard InChI is InChI=1S/C25H34O4P2/c1-23(2)15-26-30(27-16-23)21-11-7-19(8-12-21)25(5,6)20-9-13-22(14-10-20)31-28-17-24(3,4)18-29-31/h7-14H,15-18H2,1-6H3. The molecule has 2 aliphatic heterocycles. The van der Waals surface area contributed by atoms with Crippen LogP contribution in [0.5, 0.6) is 0 Å². The van der Waals surface area contributed by atoms with Crippen LogP contribution in [-0.2, 0) is 23.5 Å². The van der Waals surface area contributed by atoms with Crippen molar-refractivity contribution in [3.05, 3.63) is 59.7 Å². The lowest BCUT2D eigenvalue weighted by Crippen LogP contribution is -2.30. The first-order chi connectivity index (χ1) is 14.6. The molecule has 0 radical (unpaired) electrons. The Balaban J connectivity index is 1.44. The number of hydrogen-bond donors (Lipinski definition) is 0. The van der Waals surface area contributed by atoms with E-state index in [0.717, 1.165) is 37.0 Å². The zero-order chi connectivity index (χ0) is 22.3. The van der Waals surface area contributed by atoms with Crippen molar-refractivity contribution in [3.8, 4) is 0 Å². The molecule has 2 saturated heterocycles. The molecule has 2 heterocycles. The predicted octanol–water partition coefficient (Wildman–Crippen LogP) is 6.03. The first-order valence-electron chi connectivity index (χ1n) is 10.9. The van der Waals surface area contributed by atoms with Crippen LogP contribution in [0.15, 0.2) is 48.5 Å². The summed E-state index contributed by atoms with van der Waals surface area (Å²) in [5.74, 6) is 0. The normalized spacial score (nSPS) is 22.4. The molecule has 2 aromatic rings. The third-order valence-corrected chi connectivity index (χ3v) is 8.78. The molecule has 6 heteroatoms. The van der Waals surface area contributed by atoms with Crippen LogP contribution in [0, 0.1) is 10.8 Å². The molecule has 0 spiro atoms. The Kier molecular flexibility index (Phi) is 6.63. The van der Waals surface area contributed by atoms with Gasteiger partial charge >= 0.3 is 0 Å². The van der Waals surface area contributed by atoms with E-state index in [4.69, 9.17) is 18.1 Å². The summed E-state index contributed by atoms with van der Waals surface area (Å²) in [5.41, 5.74) is 2.63. The van der Waals surface area contributed by atoms with Gasteiger partial charge in [0, 0.05) is 26.9 Å². The number of benzene rings is 2.